The highest BCUT2D eigenvalue weighted by Gasteiger charge is 2.29. The summed E-state index contributed by atoms with van der Waals surface area (Å²) < 4.78 is 36.4. The van der Waals surface area contributed by atoms with Crippen LogP contribution in [-0.4, -0.2) is 82.6 Å². The number of benzene rings is 4. The summed E-state index contributed by atoms with van der Waals surface area (Å²) in [7, 11) is 0. The van der Waals surface area contributed by atoms with Gasteiger partial charge >= 0.3 is 12.2 Å². The summed E-state index contributed by atoms with van der Waals surface area (Å²) in [5.41, 5.74) is -1.20. The Morgan fingerprint density at radius 1 is 0.444 bits per heavy atom. The predicted molar refractivity (Wildman–Crippen MR) is 264 cm³/mol. The van der Waals surface area contributed by atoms with E-state index in [1.165, 1.54) is 48.5 Å². The molecule has 8 bridgehead atoms. The van der Waals surface area contributed by atoms with Crippen molar-refractivity contribution in [1.82, 2.24) is 10.6 Å². The first kappa shape index (κ1) is 55.2. The van der Waals surface area contributed by atoms with Gasteiger partial charge in [-0.3, -0.25) is 40.5 Å². The predicted octanol–water partition coefficient (Wildman–Crippen LogP) is 10.2. The van der Waals surface area contributed by atoms with Gasteiger partial charge in [0.25, 0.3) is 22.7 Å². The van der Waals surface area contributed by atoms with Gasteiger partial charge in [-0.25, -0.2) is 9.59 Å². The Labute approximate surface area is 416 Å². The second kappa shape index (κ2) is 24.4. The lowest BCUT2D eigenvalue weighted by Gasteiger charge is -2.23. The van der Waals surface area contributed by atoms with E-state index in [1.807, 2.05) is 13.8 Å². The fourth-order valence-electron chi connectivity index (χ4n) is 7.89. The normalized spacial score (nSPS) is 12.2. The van der Waals surface area contributed by atoms with Gasteiger partial charge in [-0.2, -0.15) is 0 Å². The number of hydrogen-bond donors (Lipinski definition) is 2. The molecule has 0 aliphatic heterocycles. The first-order valence-electron chi connectivity index (χ1n) is 23.6. The van der Waals surface area contributed by atoms with Crippen LogP contribution in [0.4, 0.5) is 32.3 Å². The number of nitrogens with zero attached hydrogens (tertiary/aromatic N) is 4. The van der Waals surface area contributed by atoms with Crippen LogP contribution in [0.2, 0.25) is 0 Å². The smallest absolute Gasteiger partial charge is 0.407 e. The molecule has 72 heavy (non-hydrogen) atoms. The lowest BCUT2D eigenvalue weighted by Crippen LogP contribution is -2.33. The number of amides is 2. The van der Waals surface area contributed by atoms with Crippen molar-refractivity contribution in [3.05, 3.63) is 133 Å². The van der Waals surface area contributed by atoms with Crippen molar-refractivity contribution in [1.29, 1.82) is 0 Å². The zero-order chi connectivity index (χ0) is 52.9. The average molecular weight is 1000 g/mol. The molecule has 0 unspecified atom stereocenters. The zero-order valence-corrected chi connectivity index (χ0v) is 41.8. The number of nitrogens with one attached hydrogen (secondary N) is 2. The quantitative estimate of drug-likeness (QED) is 0.0416. The third kappa shape index (κ3) is 15.6. The van der Waals surface area contributed by atoms with E-state index in [2.05, 4.69) is 10.6 Å². The van der Waals surface area contributed by atoms with Gasteiger partial charge in [0.1, 0.15) is 34.2 Å². The number of non-ortho nitro benzene ring substituents is 4. The maximum Gasteiger partial charge on any atom is 0.407 e. The topological polar surface area (TPSA) is 286 Å². The van der Waals surface area contributed by atoms with Crippen molar-refractivity contribution in [3.63, 3.8) is 0 Å². The van der Waals surface area contributed by atoms with Crippen LogP contribution in [0.5, 0.6) is 23.0 Å². The monoisotopic (exact) mass is 1000 g/mol. The molecule has 1 aliphatic carbocycles. The number of carbonyl (C=O) groups excluding carboxylic acids is 2. The van der Waals surface area contributed by atoms with Crippen molar-refractivity contribution in [3.8, 4) is 23.0 Å². The molecule has 0 saturated carbocycles. The molecule has 4 aromatic carbocycles. The number of rotatable bonds is 20. The number of nitro groups is 4. The molecule has 2 amide bonds. The van der Waals surface area contributed by atoms with E-state index in [1.54, 1.807) is 41.5 Å². The van der Waals surface area contributed by atoms with Gasteiger partial charge < -0.3 is 39.1 Å². The molecule has 0 radical (unpaired) electrons. The number of alkyl carbamates (subject to hydrolysis) is 2. The van der Waals surface area contributed by atoms with Gasteiger partial charge in [0.15, 0.2) is 0 Å². The largest absolute Gasteiger partial charge is 0.493 e. The second-order valence-electron chi connectivity index (χ2n) is 19.1. The summed E-state index contributed by atoms with van der Waals surface area (Å²) in [6.45, 7) is 14.5. The van der Waals surface area contributed by atoms with E-state index in [0.29, 0.717) is 12.8 Å². The lowest BCUT2D eigenvalue weighted by atomic mass is 9.90. The Kier molecular flexibility index (Phi) is 18.7. The highest BCUT2D eigenvalue weighted by molar-refractivity contribution is 5.68. The van der Waals surface area contributed by atoms with E-state index in [-0.39, 0.29) is 168 Å². The van der Waals surface area contributed by atoms with Gasteiger partial charge in [0.2, 0.25) is 0 Å². The van der Waals surface area contributed by atoms with E-state index in [0.717, 1.165) is 0 Å². The van der Waals surface area contributed by atoms with Gasteiger partial charge in [-0.15, -0.1) is 0 Å². The number of hydrogen-bond acceptors (Lipinski definition) is 16. The molecular formula is C50H62N6O16. The second-order valence-corrected chi connectivity index (χ2v) is 19.1. The molecule has 2 N–H and O–H groups in total. The maximum absolute atomic E-state index is 12.7. The van der Waals surface area contributed by atoms with Crippen molar-refractivity contribution >= 4 is 34.9 Å². The molecule has 0 atom stereocenters. The van der Waals surface area contributed by atoms with Gasteiger partial charge in [0, 0.05) is 132 Å². The zero-order valence-electron chi connectivity index (χ0n) is 41.8. The molecular weight excluding hydrogens is 941 g/mol. The van der Waals surface area contributed by atoms with Gasteiger partial charge in [-0.1, -0.05) is 13.8 Å². The van der Waals surface area contributed by atoms with E-state index in [9.17, 15) is 50.0 Å². The van der Waals surface area contributed by atoms with Crippen molar-refractivity contribution < 1.29 is 57.7 Å². The standard InChI is InChI=1S/C50H62N6O16/c1-9-15-67-43-31-19-35-27-41(55(63)64)29-37(45(35)69-17-11-13-51-47(57)71-49(3,4)5)21-33-25-40(54(61)62)26-34(44(33)68-16-10-2)22-38-30-42(56(65)66)28-36(20-32(43)24-39(23-31)53(59)60)46(38)70-18-12-14-52-48(58)72-50(6,7)8/h23-30H,9-22H2,1-8H3,(H,51,57)(H,52,58). The van der Waals surface area contributed by atoms with E-state index >= 15 is 0 Å². The van der Waals surface area contributed by atoms with Crippen LogP contribution in [0.25, 0.3) is 0 Å². The minimum absolute atomic E-state index is 0.0420. The fourth-order valence-corrected chi connectivity index (χ4v) is 7.89. The van der Waals surface area contributed by atoms with Crippen LogP contribution in [0, 0.1) is 40.5 Å². The van der Waals surface area contributed by atoms with Crippen LogP contribution in [0.15, 0.2) is 48.5 Å². The molecule has 0 spiro atoms. The van der Waals surface area contributed by atoms with Crippen molar-refractivity contribution in [2.75, 3.05) is 39.5 Å². The average Bonchev–Trinajstić information content (AvgIpc) is 3.27. The van der Waals surface area contributed by atoms with E-state index < -0.39 is 43.1 Å². The minimum Gasteiger partial charge on any atom is -0.493 e. The van der Waals surface area contributed by atoms with E-state index in [4.69, 9.17) is 28.4 Å². The van der Waals surface area contributed by atoms with Crippen LogP contribution >= 0.6 is 0 Å². The Morgan fingerprint density at radius 2 is 0.667 bits per heavy atom. The highest BCUT2D eigenvalue weighted by Crippen LogP contribution is 2.43. The Morgan fingerprint density at radius 3 is 0.861 bits per heavy atom. The van der Waals surface area contributed by atoms with Crippen molar-refractivity contribution in [2.45, 2.75) is 118 Å². The summed E-state index contributed by atoms with van der Waals surface area (Å²) in [4.78, 5) is 73.4. The van der Waals surface area contributed by atoms with Crippen LogP contribution in [0.1, 0.15) is 126 Å². The summed E-state index contributed by atoms with van der Waals surface area (Å²) in [6.07, 6.45) is -0.764. The third-order valence-corrected chi connectivity index (χ3v) is 10.6. The van der Waals surface area contributed by atoms with Gasteiger partial charge in [-0.05, 0) is 67.2 Å². The highest BCUT2D eigenvalue weighted by atomic mass is 16.6. The molecule has 22 nitrogen and oxygen atoms in total. The van der Waals surface area contributed by atoms with Gasteiger partial charge in [0.05, 0.1) is 46.1 Å². The van der Waals surface area contributed by atoms with Crippen molar-refractivity contribution in [2.24, 2.45) is 0 Å². The summed E-state index contributed by atoms with van der Waals surface area (Å²) in [5.74, 6) is 0.664. The molecule has 5 rings (SSSR count). The number of carbonyl (C=O) groups is 2. The Hall–Kier alpha value is -7.78. The summed E-state index contributed by atoms with van der Waals surface area (Å²) >= 11 is 0. The molecule has 4 aromatic rings. The molecule has 388 valence electrons. The first-order valence-corrected chi connectivity index (χ1v) is 23.6. The minimum atomic E-state index is -0.749. The number of fused-ring (bicyclic) bond motifs is 8. The molecule has 0 aromatic heterocycles. The number of nitro benzene ring substituents is 4. The third-order valence-electron chi connectivity index (χ3n) is 10.6. The SMILES string of the molecule is CCCOc1c2cc([N+](=O)[O-])cc1Cc1cc([N+](=O)[O-])cc(c1OCCCNC(=O)OC(C)(C)C)Cc1cc([N+](=O)[O-])cc(c1OCCC)Cc1cc([N+](=O)[O-])cc(c1OCCCNC(=O)OC(C)(C)C)C2. The molecule has 0 saturated heterocycles. The first-order chi connectivity index (χ1) is 34.0. The molecule has 0 fully saturated rings. The van der Waals surface area contributed by atoms with Crippen LogP contribution in [-0.2, 0) is 35.2 Å². The summed E-state index contributed by atoms with van der Waals surface area (Å²) in [5, 5.41) is 56.3. The lowest BCUT2D eigenvalue weighted by molar-refractivity contribution is -0.385. The molecule has 22 heteroatoms. The Balaban J connectivity index is 1.80. The van der Waals surface area contributed by atoms with Crippen LogP contribution in [0.3, 0.4) is 0 Å². The fraction of sp³-hybridized carbons (Fsp3) is 0.480. The summed E-state index contributed by atoms with van der Waals surface area (Å²) in [6, 6.07) is 10.3. The number of ether oxygens (including phenoxy) is 6. The maximum atomic E-state index is 12.7. The Bertz CT molecular complexity index is 2400. The van der Waals surface area contributed by atoms with Crippen LogP contribution < -0.4 is 29.6 Å². The molecule has 0 heterocycles. The molecule has 1 aliphatic rings.